The minimum atomic E-state index is -1.20. The van der Waals surface area contributed by atoms with Gasteiger partial charge in [-0.3, -0.25) is 4.79 Å². The van der Waals surface area contributed by atoms with Crippen LogP contribution in [0.5, 0.6) is 11.5 Å². The number of carboxylic acid groups (broad SMARTS) is 1. The molecular weight excluding hydrogens is 426 g/mol. The summed E-state index contributed by atoms with van der Waals surface area (Å²) < 4.78 is 17.4. The molecule has 8 heteroatoms. The molecule has 8 nitrogen and oxygen atoms in total. The molecule has 0 bridgehead atoms. The monoisotopic (exact) mass is 451 g/mol. The van der Waals surface area contributed by atoms with Gasteiger partial charge in [0.05, 0.1) is 5.39 Å². The normalized spacial score (nSPS) is 15.2. The zero-order valence-electron chi connectivity index (χ0n) is 18.6. The molecule has 33 heavy (non-hydrogen) atoms. The molecule has 0 aliphatic carbocycles. The van der Waals surface area contributed by atoms with Gasteiger partial charge in [0.2, 0.25) is 0 Å². The van der Waals surface area contributed by atoms with Gasteiger partial charge in [-0.2, -0.15) is 0 Å². The van der Waals surface area contributed by atoms with E-state index < -0.39 is 35.8 Å². The molecule has 172 valence electrons. The van der Waals surface area contributed by atoms with E-state index in [1.54, 1.807) is 43.3 Å². The van der Waals surface area contributed by atoms with Gasteiger partial charge in [0.15, 0.2) is 12.6 Å². The number of hydrogen-bond acceptors (Lipinski definition) is 6. The highest BCUT2D eigenvalue weighted by Crippen LogP contribution is 2.42. The topological polar surface area (TPSA) is 115 Å². The van der Waals surface area contributed by atoms with Gasteiger partial charge in [-0.1, -0.05) is 30.3 Å². The number of amides is 1. The van der Waals surface area contributed by atoms with E-state index >= 15 is 0 Å². The number of carbonyl (C=O) groups excluding carboxylic acids is 1. The van der Waals surface area contributed by atoms with Crippen LogP contribution in [0.15, 0.2) is 51.7 Å². The average molecular weight is 451 g/mol. The predicted molar refractivity (Wildman–Crippen MR) is 121 cm³/mol. The van der Waals surface area contributed by atoms with Crippen molar-refractivity contribution in [1.29, 1.82) is 0 Å². The molecule has 2 aromatic carbocycles. The number of aliphatic carboxylic acids is 1. The Bertz CT molecular complexity index is 1280. The fraction of sp³-hybridized carbons (Fsp3) is 0.320. The fourth-order valence-corrected chi connectivity index (χ4v) is 4.01. The maximum atomic E-state index is 12.6. The van der Waals surface area contributed by atoms with Crippen molar-refractivity contribution in [3.63, 3.8) is 0 Å². The van der Waals surface area contributed by atoms with Crippen molar-refractivity contribution >= 4 is 22.8 Å². The zero-order chi connectivity index (χ0) is 23.8. The zero-order valence-corrected chi connectivity index (χ0v) is 18.6. The van der Waals surface area contributed by atoms with Crippen molar-refractivity contribution in [2.24, 2.45) is 0 Å². The first-order valence-corrected chi connectivity index (χ1v) is 10.6. The Balaban J connectivity index is 1.63. The summed E-state index contributed by atoms with van der Waals surface area (Å²) >= 11 is 0. The minimum absolute atomic E-state index is 0.324. The summed E-state index contributed by atoms with van der Waals surface area (Å²) in [5.74, 6) is -0.921. The largest absolute Gasteiger partial charge is 0.487 e. The summed E-state index contributed by atoms with van der Waals surface area (Å²) in [4.78, 5) is 36.3. The minimum Gasteiger partial charge on any atom is -0.487 e. The van der Waals surface area contributed by atoms with Gasteiger partial charge in [0.1, 0.15) is 22.7 Å². The number of hydrogen-bond donors (Lipinski definition) is 2. The smallest absolute Gasteiger partial charge is 0.336 e. The maximum Gasteiger partial charge on any atom is 0.336 e. The van der Waals surface area contributed by atoms with Crippen LogP contribution >= 0.6 is 0 Å². The van der Waals surface area contributed by atoms with Crippen molar-refractivity contribution in [3.05, 3.63) is 69.6 Å². The third-order valence-electron chi connectivity index (χ3n) is 5.65. The molecule has 1 amide bonds. The van der Waals surface area contributed by atoms with Crippen LogP contribution in [-0.4, -0.2) is 29.2 Å². The quantitative estimate of drug-likeness (QED) is 0.551. The predicted octanol–water partition coefficient (Wildman–Crippen LogP) is 3.53. The number of nitrogens with one attached hydrogen (secondary N) is 1. The molecule has 0 saturated heterocycles. The molecule has 0 saturated carbocycles. The lowest BCUT2D eigenvalue weighted by Gasteiger charge is -2.33. The first kappa shape index (κ1) is 22.4. The number of aryl methyl sites for hydroxylation is 2. The second-order valence-electron chi connectivity index (χ2n) is 8.70. The van der Waals surface area contributed by atoms with Crippen LogP contribution < -0.4 is 20.4 Å². The number of ether oxygens (including phenoxy) is 2. The van der Waals surface area contributed by atoms with Gasteiger partial charge in [0, 0.05) is 17.7 Å². The Hall–Kier alpha value is -3.81. The molecule has 4 rings (SSSR count). The molecular formula is C25H25NO7. The molecule has 1 aromatic heterocycles. The van der Waals surface area contributed by atoms with Crippen LogP contribution in [0.3, 0.4) is 0 Å². The molecule has 0 fully saturated rings. The summed E-state index contributed by atoms with van der Waals surface area (Å²) in [5, 5.41) is 12.6. The summed E-state index contributed by atoms with van der Waals surface area (Å²) in [5.41, 5.74) is 1.40. The Morgan fingerprint density at radius 3 is 2.64 bits per heavy atom. The van der Waals surface area contributed by atoms with Crippen LogP contribution in [-0.2, 0) is 16.0 Å². The number of carboxylic acids is 1. The molecule has 0 radical (unpaired) electrons. The highest BCUT2D eigenvalue weighted by Gasteiger charge is 2.31. The Labute approximate surface area is 190 Å². The Morgan fingerprint density at radius 2 is 1.94 bits per heavy atom. The number of benzene rings is 2. The van der Waals surface area contributed by atoms with Crippen molar-refractivity contribution in [2.45, 2.75) is 45.3 Å². The van der Waals surface area contributed by atoms with E-state index in [4.69, 9.17) is 13.9 Å². The summed E-state index contributed by atoms with van der Waals surface area (Å²) in [6, 6.07) is 10.3. The highest BCUT2D eigenvalue weighted by molar-refractivity contribution is 5.92. The molecule has 1 aliphatic rings. The van der Waals surface area contributed by atoms with Crippen molar-refractivity contribution in [1.82, 2.24) is 5.32 Å². The number of fused-ring (bicyclic) bond motifs is 3. The lowest BCUT2D eigenvalue weighted by Crippen LogP contribution is -2.36. The third-order valence-corrected chi connectivity index (χ3v) is 5.65. The highest BCUT2D eigenvalue weighted by atomic mass is 16.5. The van der Waals surface area contributed by atoms with E-state index in [1.807, 2.05) is 13.8 Å². The van der Waals surface area contributed by atoms with E-state index in [9.17, 15) is 19.5 Å². The standard InChI is InChI=1S/C25H25NO7/c1-14-11-20(28)32-23-16-9-10-25(2,3)33-17(16)12-18(21(14)23)31-13-19(27)26-22(24(29)30)15-7-5-4-6-8-15/h4-8,11-12,22H,9-10,13H2,1-3H3,(H,26,27)(H,29,30)/t22-/m1/s1. The van der Waals surface area contributed by atoms with Crippen molar-refractivity contribution in [2.75, 3.05) is 6.61 Å². The number of rotatable bonds is 6. The molecule has 1 aliphatic heterocycles. The maximum absolute atomic E-state index is 12.6. The second-order valence-corrected chi connectivity index (χ2v) is 8.70. The van der Waals surface area contributed by atoms with E-state index in [0.717, 1.165) is 12.0 Å². The van der Waals surface area contributed by atoms with Gasteiger partial charge >= 0.3 is 11.6 Å². The van der Waals surface area contributed by atoms with Gasteiger partial charge in [-0.15, -0.1) is 0 Å². The molecule has 0 spiro atoms. The van der Waals surface area contributed by atoms with E-state index in [-0.39, 0.29) is 0 Å². The van der Waals surface area contributed by atoms with Gasteiger partial charge < -0.3 is 24.3 Å². The summed E-state index contributed by atoms with van der Waals surface area (Å²) in [6.07, 6.45) is 1.43. The Kier molecular flexibility index (Phi) is 5.84. The van der Waals surface area contributed by atoms with E-state index in [0.29, 0.717) is 40.0 Å². The number of carbonyl (C=O) groups is 2. The van der Waals surface area contributed by atoms with Crippen molar-refractivity contribution < 1.29 is 28.6 Å². The van der Waals surface area contributed by atoms with Crippen molar-refractivity contribution in [3.8, 4) is 11.5 Å². The Morgan fingerprint density at radius 1 is 1.21 bits per heavy atom. The van der Waals surface area contributed by atoms with E-state index in [1.165, 1.54) is 6.07 Å². The average Bonchev–Trinajstić information content (AvgIpc) is 2.75. The first-order valence-electron chi connectivity index (χ1n) is 10.6. The summed E-state index contributed by atoms with van der Waals surface area (Å²) in [7, 11) is 0. The molecule has 1 atom stereocenters. The molecule has 2 heterocycles. The fourth-order valence-electron chi connectivity index (χ4n) is 4.01. The van der Waals surface area contributed by atoms with Gasteiger partial charge in [-0.05, 0) is 44.7 Å². The SMILES string of the molecule is Cc1cc(=O)oc2c3c(cc(OCC(=O)N[C@@H](C(=O)O)c4ccccc4)c12)OC(C)(C)CC3. The van der Waals surface area contributed by atoms with Gasteiger partial charge in [0.25, 0.3) is 5.91 Å². The lowest BCUT2D eigenvalue weighted by atomic mass is 9.92. The first-order chi connectivity index (χ1) is 15.6. The second kappa shape index (κ2) is 8.61. The van der Waals surface area contributed by atoms with Crippen LogP contribution in [0.2, 0.25) is 0 Å². The van der Waals surface area contributed by atoms with Gasteiger partial charge in [-0.25, -0.2) is 9.59 Å². The van der Waals surface area contributed by atoms with Crippen LogP contribution in [0.25, 0.3) is 11.0 Å². The molecule has 2 N–H and O–H groups in total. The van der Waals surface area contributed by atoms with Crippen LogP contribution in [0.4, 0.5) is 0 Å². The summed E-state index contributed by atoms with van der Waals surface area (Å²) in [6.45, 7) is 5.28. The molecule has 3 aromatic rings. The van der Waals surface area contributed by atoms with Crippen LogP contribution in [0, 0.1) is 6.92 Å². The van der Waals surface area contributed by atoms with E-state index in [2.05, 4.69) is 5.32 Å². The lowest BCUT2D eigenvalue weighted by molar-refractivity contribution is -0.142. The van der Waals surface area contributed by atoms with Crippen LogP contribution in [0.1, 0.15) is 43.0 Å². The molecule has 0 unspecified atom stereocenters. The third kappa shape index (κ3) is 4.69.